The molecule has 132 valence electrons. The third-order valence-corrected chi connectivity index (χ3v) is 5.08. The summed E-state index contributed by atoms with van der Waals surface area (Å²) >= 11 is 5.86. The van der Waals surface area contributed by atoms with E-state index in [0.29, 0.717) is 23.7 Å². The molecule has 0 aliphatic carbocycles. The highest BCUT2D eigenvalue weighted by molar-refractivity contribution is 6.30. The number of amides is 1. The number of carbonyl (C=O) groups is 1. The molecule has 2 aliphatic rings. The molecule has 0 saturated carbocycles. The van der Waals surface area contributed by atoms with Gasteiger partial charge in [-0.2, -0.15) is 5.10 Å². The van der Waals surface area contributed by atoms with Crippen molar-refractivity contribution < 1.29 is 9.53 Å². The van der Waals surface area contributed by atoms with Crippen molar-refractivity contribution in [1.29, 1.82) is 0 Å². The molecule has 0 bridgehead atoms. The summed E-state index contributed by atoms with van der Waals surface area (Å²) in [6.45, 7) is 3.05. The van der Waals surface area contributed by atoms with Crippen LogP contribution in [0.15, 0.2) is 36.7 Å². The molecule has 6 nitrogen and oxygen atoms in total. The van der Waals surface area contributed by atoms with E-state index in [0.717, 1.165) is 31.5 Å². The van der Waals surface area contributed by atoms with Gasteiger partial charge in [0.25, 0.3) is 5.91 Å². The molecule has 1 amide bonds. The van der Waals surface area contributed by atoms with Gasteiger partial charge < -0.3 is 15.4 Å². The van der Waals surface area contributed by atoms with Crippen LogP contribution in [0.2, 0.25) is 5.02 Å². The zero-order chi connectivity index (χ0) is 17.3. The Morgan fingerprint density at radius 2 is 2.20 bits per heavy atom. The molecule has 1 aromatic heterocycles. The molecule has 1 spiro atoms. The fourth-order valence-corrected chi connectivity index (χ4v) is 3.54. The van der Waals surface area contributed by atoms with Gasteiger partial charge in [-0.3, -0.25) is 9.48 Å². The second-order valence-corrected chi connectivity index (χ2v) is 7.26. The maximum atomic E-state index is 12.3. The van der Waals surface area contributed by atoms with Crippen molar-refractivity contribution in [1.82, 2.24) is 20.4 Å². The lowest BCUT2D eigenvalue weighted by molar-refractivity contribution is -0.0715. The second-order valence-electron chi connectivity index (χ2n) is 6.83. The second kappa shape index (κ2) is 6.78. The van der Waals surface area contributed by atoms with Crippen molar-refractivity contribution in [2.75, 3.05) is 19.6 Å². The number of hydrogen-bond donors (Lipinski definition) is 2. The summed E-state index contributed by atoms with van der Waals surface area (Å²) in [5.41, 5.74) is 1.75. The van der Waals surface area contributed by atoms with E-state index in [2.05, 4.69) is 15.7 Å². The van der Waals surface area contributed by atoms with Gasteiger partial charge in [0, 0.05) is 31.4 Å². The fourth-order valence-electron chi connectivity index (χ4n) is 3.39. The molecular weight excluding hydrogens is 340 g/mol. The number of rotatable bonds is 5. The summed E-state index contributed by atoms with van der Waals surface area (Å²) in [6.07, 6.45) is 5.58. The first-order valence-electron chi connectivity index (χ1n) is 8.56. The van der Waals surface area contributed by atoms with Gasteiger partial charge in [-0.05, 0) is 30.5 Å². The highest BCUT2D eigenvalue weighted by Crippen LogP contribution is 2.33. The van der Waals surface area contributed by atoms with Gasteiger partial charge in [-0.1, -0.05) is 23.7 Å². The summed E-state index contributed by atoms with van der Waals surface area (Å²) in [5.74, 6) is -0.0648. The van der Waals surface area contributed by atoms with Crippen LogP contribution in [0, 0.1) is 0 Å². The minimum atomic E-state index is -0.0648. The number of nitrogens with one attached hydrogen (secondary N) is 2. The summed E-state index contributed by atoms with van der Waals surface area (Å²) in [6, 6.07) is 7.54. The lowest BCUT2D eigenvalue weighted by Gasteiger charge is -2.38. The van der Waals surface area contributed by atoms with E-state index in [1.165, 1.54) is 0 Å². The topological polar surface area (TPSA) is 68.2 Å². The maximum Gasteiger partial charge on any atom is 0.251 e. The predicted octanol–water partition coefficient (Wildman–Crippen LogP) is 1.84. The van der Waals surface area contributed by atoms with E-state index in [-0.39, 0.29) is 17.6 Å². The Hall–Kier alpha value is -1.89. The molecule has 2 saturated heterocycles. The van der Waals surface area contributed by atoms with Gasteiger partial charge in [-0.25, -0.2) is 0 Å². The molecule has 25 heavy (non-hydrogen) atoms. The van der Waals surface area contributed by atoms with Gasteiger partial charge in [0.05, 0.1) is 29.5 Å². The molecule has 1 unspecified atom stereocenters. The van der Waals surface area contributed by atoms with Gasteiger partial charge in [-0.15, -0.1) is 0 Å². The smallest absolute Gasteiger partial charge is 0.251 e. The summed E-state index contributed by atoms with van der Waals surface area (Å²) in [4.78, 5) is 12.3. The van der Waals surface area contributed by atoms with Crippen molar-refractivity contribution in [3.8, 4) is 0 Å². The molecule has 4 rings (SSSR count). The van der Waals surface area contributed by atoms with Crippen molar-refractivity contribution >= 4 is 17.5 Å². The van der Waals surface area contributed by atoms with Crippen LogP contribution in [0.5, 0.6) is 0 Å². The van der Waals surface area contributed by atoms with E-state index in [9.17, 15) is 4.79 Å². The van der Waals surface area contributed by atoms with Crippen LogP contribution >= 0.6 is 11.6 Å². The van der Waals surface area contributed by atoms with Crippen LogP contribution in [-0.2, 0) is 11.3 Å². The summed E-state index contributed by atoms with van der Waals surface area (Å²) < 4.78 is 7.82. The SMILES string of the molecule is O=C(NCC1CCC2(CNC2)O1)c1ccc(Cn2cc(Cl)cn2)cc1. The summed E-state index contributed by atoms with van der Waals surface area (Å²) in [5, 5.41) is 11.0. The van der Waals surface area contributed by atoms with Gasteiger partial charge >= 0.3 is 0 Å². The van der Waals surface area contributed by atoms with Gasteiger partial charge in [0.15, 0.2) is 0 Å². The van der Waals surface area contributed by atoms with Gasteiger partial charge in [0.2, 0.25) is 0 Å². The zero-order valence-electron chi connectivity index (χ0n) is 13.9. The number of ether oxygens (including phenoxy) is 1. The molecular formula is C18H21ClN4O2. The lowest BCUT2D eigenvalue weighted by Crippen LogP contribution is -2.59. The minimum Gasteiger partial charge on any atom is -0.367 e. The lowest BCUT2D eigenvalue weighted by atomic mass is 9.93. The molecule has 1 atom stereocenters. The highest BCUT2D eigenvalue weighted by atomic mass is 35.5. The third kappa shape index (κ3) is 3.71. The monoisotopic (exact) mass is 360 g/mol. The molecule has 2 fully saturated rings. The average molecular weight is 361 g/mol. The van der Waals surface area contributed by atoms with Crippen LogP contribution in [0.4, 0.5) is 0 Å². The normalized spacial score (nSPS) is 21.2. The predicted molar refractivity (Wildman–Crippen MR) is 94.8 cm³/mol. The van der Waals surface area contributed by atoms with E-state index in [4.69, 9.17) is 16.3 Å². The average Bonchev–Trinajstić information content (AvgIpc) is 3.20. The van der Waals surface area contributed by atoms with Crippen LogP contribution in [-0.4, -0.2) is 47.0 Å². The minimum absolute atomic E-state index is 0.0342. The van der Waals surface area contributed by atoms with Gasteiger partial charge in [0.1, 0.15) is 0 Å². The Balaban J connectivity index is 1.28. The first kappa shape index (κ1) is 16.6. The van der Waals surface area contributed by atoms with E-state index >= 15 is 0 Å². The van der Waals surface area contributed by atoms with Crippen molar-refractivity contribution in [2.24, 2.45) is 0 Å². The third-order valence-electron chi connectivity index (χ3n) is 4.89. The van der Waals surface area contributed by atoms with Crippen molar-refractivity contribution in [2.45, 2.75) is 31.1 Å². The first-order chi connectivity index (χ1) is 12.1. The molecule has 2 aromatic rings. The quantitative estimate of drug-likeness (QED) is 0.853. The van der Waals surface area contributed by atoms with E-state index in [1.54, 1.807) is 17.1 Å². The fraction of sp³-hybridized carbons (Fsp3) is 0.444. The highest BCUT2D eigenvalue weighted by Gasteiger charge is 2.44. The Morgan fingerprint density at radius 1 is 1.40 bits per heavy atom. The number of halogens is 1. The van der Waals surface area contributed by atoms with Crippen molar-refractivity contribution in [3.05, 3.63) is 52.8 Å². The van der Waals surface area contributed by atoms with E-state index in [1.807, 2.05) is 24.3 Å². The zero-order valence-corrected chi connectivity index (χ0v) is 14.6. The Labute approximate surface area is 151 Å². The maximum absolute atomic E-state index is 12.3. The molecule has 2 aliphatic heterocycles. The summed E-state index contributed by atoms with van der Waals surface area (Å²) in [7, 11) is 0. The number of benzene rings is 1. The molecule has 3 heterocycles. The number of nitrogens with zero attached hydrogens (tertiary/aromatic N) is 2. The van der Waals surface area contributed by atoms with Crippen molar-refractivity contribution in [3.63, 3.8) is 0 Å². The number of hydrogen-bond acceptors (Lipinski definition) is 4. The molecule has 0 radical (unpaired) electrons. The first-order valence-corrected chi connectivity index (χ1v) is 8.93. The largest absolute Gasteiger partial charge is 0.367 e. The van der Waals surface area contributed by atoms with Crippen LogP contribution in [0.25, 0.3) is 0 Å². The molecule has 2 N–H and O–H groups in total. The Morgan fingerprint density at radius 3 is 2.80 bits per heavy atom. The van der Waals surface area contributed by atoms with Crippen LogP contribution in [0.1, 0.15) is 28.8 Å². The Bertz CT molecular complexity index is 755. The number of carbonyl (C=O) groups excluding carboxylic acids is 1. The van der Waals surface area contributed by atoms with E-state index < -0.39 is 0 Å². The van der Waals surface area contributed by atoms with Crippen LogP contribution in [0.3, 0.4) is 0 Å². The van der Waals surface area contributed by atoms with Crippen LogP contribution < -0.4 is 10.6 Å². The molecule has 1 aromatic carbocycles. The standard InChI is InChI=1S/C18H21ClN4O2/c19-15-7-22-23(10-15)9-13-1-3-14(4-2-13)17(24)21-8-16-5-6-18(25-16)11-20-12-18/h1-4,7,10,16,20H,5-6,8-9,11-12H2,(H,21,24). The Kier molecular flexibility index (Phi) is 4.50. The molecule has 7 heteroatoms. The number of aromatic nitrogens is 2.